The van der Waals surface area contributed by atoms with Crippen LogP contribution >= 0.6 is 0 Å². The molecule has 1 unspecified atom stereocenters. The normalized spacial score (nSPS) is 12.8. The molecule has 110 valence electrons. The highest BCUT2D eigenvalue weighted by Crippen LogP contribution is 2.21. The van der Waals surface area contributed by atoms with Gasteiger partial charge in [-0.1, -0.05) is 18.2 Å². The van der Waals surface area contributed by atoms with Gasteiger partial charge in [0.05, 0.1) is 18.4 Å². The van der Waals surface area contributed by atoms with Gasteiger partial charge < -0.3 is 10.4 Å². The highest BCUT2D eigenvalue weighted by atomic mass is 19.4. The van der Waals surface area contributed by atoms with Gasteiger partial charge in [-0.05, 0) is 18.6 Å². The maximum atomic E-state index is 12.1. The second-order valence-corrected chi connectivity index (χ2v) is 4.43. The Morgan fingerprint density at radius 2 is 1.90 bits per heavy atom. The first kappa shape index (κ1) is 16.0. The molecule has 0 spiro atoms. The van der Waals surface area contributed by atoms with E-state index < -0.39 is 30.5 Å². The summed E-state index contributed by atoms with van der Waals surface area (Å²) in [6.07, 6.45) is -5.75. The van der Waals surface area contributed by atoms with Crippen molar-refractivity contribution >= 4 is 11.9 Å². The van der Waals surface area contributed by atoms with E-state index in [0.29, 0.717) is 0 Å². The lowest BCUT2D eigenvalue weighted by atomic mass is 10.0. The predicted molar refractivity (Wildman–Crippen MR) is 65.4 cm³/mol. The standard InChI is InChI=1S/C13H14F3NO3/c1-8(7-13(14,15)16)17-11(18)6-9-4-2-3-5-10(9)12(19)20/h2-5,8H,6-7H2,1H3,(H,17,18)(H,19,20). The van der Waals surface area contributed by atoms with E-state index in [4.69, 9.17) is 5.11 Å². The van der Waals surface area contributed by atoms with Crippen LogP contribution in [-0.4, -0.2) is 29.2 Å². The number of hydrogen-bond acceptors (Lipinski definition) is 2. The summed E-state index contributed by atoms with van der Waals surface area (Å²) >= 11 is 0. The molecule has 0 radical (unpaired) electrons. The maximum Gasteiger partial charge on any atom is 0.391 e. The first-order chi connectivity index (χ1) is 9.19. The number of amides is 1. The van der Waals surface area contributed by atoms with E-state index in [1.54, 1.807) is 6.07 Å². The third-order valence-electron chi connectivity index (χ3n) is 2.54. The summed E-state index contributed by atoms with van der Waals surface area (Å²) in [5.41, 5.74) is 0.225. The third kappa shape index (κ3) is 5.29. The van der Waals surface area contributed by atoms with E-state index in [1.165, 1.54) is 25.1 Å². The Hall–Kier alpha value is -2.05. The summed E-state index contributed by atoms with van der Waals surface area (Å²) < 4.78 is 36.4. The molecule has 1 rings (SSSR count). The lowest BCUT2D eigenvalue weighted by Crippen LogP contribution is -2.37. The summed E-state index contributed by atoms with van der Waals surface area (Å²) in [7, 11) is 0. The van der Waals surface area contributed by atoms with E-state index in [9.17, 15) is 22.8 Å². The molecule has 1 atom stereocenters. The van der Waals surface area contributed by atoms with Gasteiger partial charge >= 0.3 is 12.1 Å². The Morgan fingerprint density at radius 3 is 2.45 bits per heavy atom. The lowest BCUT2D eigenvalue weighted by Gasteiger charge is -2.16. The van der Waals surface area contributed by atoms with Crippen molar-refractivity contribution in [1.82, 2.24) is 5.32 Å². The average molecular weight is 289 g/mol. The van der Waals surface area contributed by atoms with Gasteiger partial charge in [-0.25, -0.2) is 4.79 Å². The molecule has 4 nitrogen and oxygen atoms in total. The van der Waals surface area contributed by atoms with Crippen molar-refractivity contribution in [3.05, 3.63) is 35.4 Å². The van der Waals surface area contributed by atoms with Crippen molar-refractivity contribution < 1.29 is 27.9 Å². The molecule has 0 aliphatic rings. The minimum Gasteiger partial charge on any atom is -0.478 e. The van der Waals surface area contributed by atoms with Crippen molar-refractivity contribution in [2.24, 2.45) is 0 Å². The molecule has 20 heavy (non-hydrogen) atoms. The maximum absolute atomic E-state index is 12.1. The Kier molecular flexibility index (Phi) is 5.12. The topological polar surface area (TPSA) is 66.4 Å². The predicted octanol–water partition coefficient (Wildman–Crippen LogP) is 2.38. The zero-order valence-electron chi connectivity index (χ0n) is 10.7. The molecule has 0 fully saturated rings. The minimum atomic E-state index is -4.36. The number of nitrogens with one attached hydrogen (secondary N) is 1. The number of rotatable bonds is 5. The smallest absolute Gasteiger partial charge is 0.391 e. The Labute approximate surface area is 113 Å². The number of aromatic carboxylic acids is 1. The highest BCUT2D eigenvalue weighted by molar-refractivity contribution is 5.91. The zero-order valence-corrected chi connectivity index (χ0v) is 10.7. The van der Waals surface area contributed by atoms with Crippen LogP contribution in [0.2, 0.25) is 0 Å². The average Bonchev–Trinajstić information content (AvgIpc) is 2.26. The molecule has 0 saturated carbocycles. The Morgan fingerprint density at radius 1 is 1.30 bits per heavy atom. The molecule has 7 heteroatoms. The summed E-state index contributed by atoms with van der Waals surface area (Å²) in [5.74, 6) is -1.83. The third-order valence-corrected chi connectivity index (χ3v) is 2.54. The van der Waals surface area contributed by atoms with Gasteiger partial charge in [0.25, 0.3) is 0 Å². The van der Waals surface area contributed by atoms with Crippen LogP contribution in [0, 0.1) is 0 Å². The molecule has 0 aromatic heterocycles. The summed E-state index contributed by atoms with van der Waals surface area (Å²) in [6, 6.07) is 4.81. The second-order valence-electron chi connectivity index (χ2n) is 4.43. The molecule has 0 heterocycles. The van der Waals surface area contributed by atoms with Gasteiger partial charge in [-0.2, -0.15) is 13.2 Å². The van der Waals surface area contributed by atoms with Crippen molar-refractivity contribution in [3.8, 4) is 0 Å². The summed E-state index contributed by atoms with van der Waals surface area (Å²) in [4.78, 5) is 22.5. The summed E-state index contributed by atoms with van der Waals surface area (Å²) in [5, 5.41) is 11.1. The lowest BCUT2D eigenvalue weighted by molar-refractivity contribution is -0.141. The van der Waals surface area contributed by atoms with Gasteiger partial charge in [0.1, 0.15) is 0 Å². The van der Waals surface area contributed by atoms with E-state index >= 15 is 0 Å². The molecule has 0 aliphatic carbocycles. The summed E-state index contributed by atoms with van der Waals surface area (Å²) in [6.45, 7) is 1.24. The Balaban J connectivity index is 2.66. The van der Waals surface area contributed by atoms with Crippen molar-refractivity contribution in [2.45, 2.75) is 32.0 Å². The number of alkyl halides is 3. The fraction of sp³-hybridized carbons (Fsp3) is 0.385. The second kappa shape index (κ2) is 6.40. The molecule has 1 aromatic rings. The number of carboxylic acid groups (broad SMARTS) is 1. The molecule has 1 aromatic carbocycles. The molecule has 0 aliphatic heterocycles. The largest absolute Gasteiger partial charge is 0.478 e. The fourth-order valence-electron chi connectivity index (χ4n) is 1.78. The van der Waals surface area contributed by atoms with Gasteiger partial charge in [-0.15, -0.1) is 0 Å². The van der Waals surface area contributed by atoms with Crippen LogP contribution in [0.15, 0.2) is 24.3 Å². The van der Waals surface area contributed by atoms with E-state index in [-0.39, 0.29) is 17.5 Å². The van der Waals surface area contributed by atoms with E-state index in [1.807, 2.05) is 0 Å². The number of carbonyl (C=O) groups is 2. The molecule has 0 saturated heterocycles. The van der Waals surface area contributed by atoms with Crippen LogP contribution in [-0.2, 0) is 11.2 Å². The number of benzene rings is 1. The number of hydrogen-bond donors (Lipinski definition) is 2. The number of carbonyl (C=O) groups excluding carboxylic acids is 1. The first-order valence-corrected chi connectivity index (χ1v) is 5.86. The van der Waals surface area contributed by atoms with Gasteiger partial charge in [0.2, 0.25) is 5.91 Å². The molecule has 1 amide bonds. The van der Waals surface area contributed by atoms with Crippen LogP contribution in [0.5, 0.6) is 0 Å². The first-order valence-electron chi connectivity index (χ1n) is 5.86. The van der Waals surface area contributed by atoms with Crippen molar-refractivity contribution in [1.29, 1.82) is 0 Å². The molecule has 0 bridgehead atoms. The van der Waals surface area contributed by atoms with Gasteiger partial charge in [-0.3, -0.25) is 4.79 Å². The van der Waals surface area contributed by atoms with Crippen molar-refractivity contribution in [2.75, 3.05) is 0 Å². The molecular formula is C13H14F3NO3. The van der Waals surface area contributed by atoms with Crippen LogP contribution in [0.3, 0.4) is 0 Å². The number of halogens is 3. The fourth-order valence-corrected chi connectivity index (χ4v) is 1.78. The van der Waals surface area contributed by atoms with E-state index in [0.717, 1.165) is 0 Å². The van der Waals surface area contributed by atoms with Crippen LogP contribution < -0.4 is 5.32 Å². The van der Waals surface area contributed by atoms with Crippen molar-refractivity contribution in [3.63, 3.8) is 0 Å². The molecular weight excluding hydrogens is 275 g/mol. The number of carboxylic acids is 1. The quantitative estimate of drug-likeness (QED) is 0.874. The van der Waals surface area contributed by atoms with Gasteiger partial charge in [0, 0.05) is 6.04 Å². The zero-order chi connectivity index (χ0) is 15.3. The van der Waals surface area contributed by atoms with Crippen LogP contribution in [0.25, 0.3) is 0 Å². The Bertz CT molecular complexity index is 500. The minimum absolute atomic E-state index is 0.0360. The van der Waals surface area contributed by atoms with E-state index in [2.05, 4.69) is 5.32 Å². The SMILES string of the molecule is CC(CC(F)(F)F)NC(=O)Cc1ccccc1C(=O)O. The van der Waals surface area contributed by atoms with Gasteiger partial charge in [0.15, 0.2) is 0 Å². The highest BCUT2D eigenvalue weighted by Gasteiger charge is 2.30. The van der Waals surface area contributed by atoms with Crippen LogP contribution in [0.4, 0.5) is 13.2 Å². The monoisotopic (exact) mass is 289 g/mol. The van der Waals surface area contributed by atoms with Crippen LogP contribution in [0.1, 0.15) is 29.3 Å². The molecule has 2 N–H and O–H groups in total.